The summed E-state index contributed by atoms with van der Waals surface area (Å²) in [5, 5.41) is 3.57. The number of para-hydroxylation sites is 1. The molecule has 0 amide bonds. The van der Waals surface area contributed by atoms with Crippen molar-refractivity contribution in [2.24, 2.45) is 5.92 Å². The highest BCUT2D eigenvalue weighted by Crippen LogP contribution is 2.29. The first-order chi connectivity index (χ1) is 10.2. The minimum atomic E-state index is -0.268. The minimum absolute atomic E-state index is 0.268. The van der Waals surface area contributed by atoms with Crippen molar-refractivity contribution < 1.29 is 9.53 Å². The summed E-state index contributed by atoms with van der Waals surface area (Å²) in [4.78, 5) is 11.8. The molecule has 2 atom stereocenters. The van der Waals surface area contributed by atoms with Gasteiger partial charge in [0.15, 0.2) is 0 Å². The third-order valence-electron chi connectivity index (χ3n) is 4.48. The number of methoxy groups -OCH3 is 1. The number of carbonyl (C=O) groups is 1. The zero-order valence-electron chi connectivity index (χ0n) is 13.2. The Kier molecular flexibility index (Phi) is 6.09. The minimum Gasteiger partial charge on any atom is -0.465 e. The summed E-state index contributed by atoms with van der Waals surface area (Å²) in [6, 6.07) is 8.11. The van der Waals surface area contributed by atoms with Crippen molar-refractivity contribution >= 4 is 11.7 Å². The van der Waals surface area contributed by atoms with Crippen LogP contribution in [0.25, 0.3) is 0 Å². The van der Waals surface area contributed by atoms with Crippen LogP contribution in [0, 0.1) is 5.92 Å². The maximum Gasteiger partial charge on any atom is 0.339 e. The third kappa shape index (κ3) is 4.48. The molecule has 3 heteroatoms. The van der Waals surface area contributed by atoms with Gasteiger partial charge in [0, 0.05) is 11.7 Å². The van der Waals surface area contributed by atoms with E-state index in [0.717, 1.165) is 11.6 Å². The Bertz CT molecular complexity index is 458. The van der Waals surface area contributed by atoms with Gasteiger partial charge in [0.25, 0.3) is 0 Å². The van der Waals surface area contributed by atoms with Crippen LogP contribution in [0.15, 0.2) is 24.3 Å². The van der Waals surface area contributed by atoms with Gasteiger partial charge in [-0.3, -0.25) is 0 Å². The molecule has 0 spiro atoms. The van der Waals surface area contributed by atoms with Gasteiger partial charge in [-0.25, -0.2) is 4.79 Å². The van der Waals surface area contributed by atoms with E-state index >= 15 is 0 Å². The molecule has 0 bridgehead atoms. The van der Waals surface area contributed by atoms with Crippen molar-refractivity contribution in [3.8, 4) is 0 Å². The normalized spacial score (nSPS) is 22.4. The summed E-state index contributed by atoms with van der Waals surface area (Å²) in [5.74, 6) is 0.619. The van der Waals surface area contributed by atoms with Crippen LogP contribution in [0.4, 0.5) is 5.69 Å². The number of hydrogen-bond acceptors (Lipinski definition) is 3. The Hall–Kier alpha value is -1.51. The van der Waals surface area contributed by atoms with E-state index in [1.54, 1.807) is 0 Å². The van der Waals surface area contributed by atoms with E-state index in [2.05, 4.69) is 12.2 Å². The van der Waals surface area contributed by atoms with Gasteiger partial charge in [0.05, 0.1) is 12.7 Å². The van der Waals surface area contributed by atoms with E-state index < -0.39 is 0 Å². The molecule has 2 unspecified atom stereocenters. The van der Waals surface area contributed by atoms with Gasteiger partial charge < -0.3 is 10.1 Å². The zero-order chi connectivity index (χ0) is 15.1. The van der Waals surface area contributed by atoms with Crippen molar-refractivity contribution in [3.05, 3.63) is 29.8 Å². The fraction of sp³-hybridized carbons (Fsp3) is 0.611. The van der Waals surface area contributed by atoms with Crippen molar-refractivity contribution in [3.63, 3.8) is 0 Å². The maximum absolute atomic E-state index is 11.8. The van der Waals surface area contributed by atoms with Crippen molar-refractivity contribution in [2.45, 2.75) is 57.9 Å². The van der Waals surface area contributed by atoms with E-state index in [9.17, 15) is 4.79 Å². The molecule has 1 aromatic carbocycles. The van der Waals surface area contributed by atoms with Crippen LogP contribution in [-0.2, 0) is 4.74 Å². The van der Waals surface area contributed by atoms with E-state index in [-0.39, 0.29) is 5.97 Å². The SMILES string of the molecule is CCCC1CCCC(Nc2ccccc2C(=O)OC)CC1. The molecule has 0 saturated heterocycles. The first kappa shape index (κ1) is 15.9. The Morgan fingerprint density at radius 2 is 2.05 bits per heavy atom. The molecule has 0 radical (unpaired) electrons. The molecule has 21 heavy (non-hydrogen) atoms. The van der Waals surface area contributed by atoms with E-state index in [1.807, 2.05) is 24.3 Å². The van der Waals surface area contributed by atoms with E-state index in [0.29, 0.717) is 11.6 Å². The average Bonchev–Trinajstić information content (AvgIpc) is 2.73. The summed E-state index contributed by atoms with van der Waals surface area (Å²) in [7, 11) is 1.43. The summed E-state index contributed by atoms with van der Waals surface area (Å²) >= 11 is 0. The number of benzene rings is 1. The zero-order valence-corrected chi connectivity index (χ0v) is 13.2. The molecule has 3 nitrogen and oxygen atoms in total. The molecule has 1 saturated carbocycles. The van der Waals surface area contributed by atoms with Crippen LogP contribution >= 0.6 is 0 Å². The van der Waals surface area contributed by atoms with Crippen LogP contribution in [0.1, 0.15) is 62.2 Å². The summed E-state index contributed by atoms with van der Waals surface area (Å²) in [6.45, 7) is 2.27. The monoisotopic (exact) mass is 289 g/mol. The van der Waals surface area contributed by atoms with Gasteiger partial charge in [-0.05, 0) is 37.3 Å². The first-order valence-corrected chi connectivity index (χ1v) is 8.18. The molecule has 1 aliphatic rings. The quantitative estimate of drug-likeness (QED) is 0.634. The summed E-state index contributed by atoms with van der Waals surface area (Å²) in [6.07, 6.45) is 8.95. The predicted molar refractivity (Wildman–Crippen MR) is 86.7 cm³/mol. The van der Waals surface area contributed by atoms with Crippen LogP contribution in [-0.4, -0.2) is 19.1 Å². The molecule has 1 fully saturated rings. The van der Waals surface area contributed by atoms with Crippen molar-refractivity contribution in [1.82, 2.24) is 0 Å². The fourth-order valence-electron chi connectivity index (χ4n) is 3.34. The number of rotatable bonds is 5. The molecular weight excluding hydrogens is 262 g/mol. The molecule has 1 N–H and O–H groups in total. The van der Waals surface area contributed by atoms with Gasteiger partial charge in [0.1, 0.15) is 0 Å². The van der Waals surface area contributed by atoms with Crippen molar-refractivity contribution in [1.29, 1.82) is 0 Å². The lowest BCUT2D eigenvalue weighted by Crippen LogP contribution is -2.20. The maximum atomic E-state index is 11.8. The standard InChI is InChI=1S/C18H27NO2/c1-3-7-14-8-6-9-15(13-12-14)19-17-11-5-4-10-16(17)18(20)21-2/h4-5,10-11,14-15,19H,3,6-9,12-13H2,1-2H3. The second-order valence-electron chi connectivity index (χ2n) is 6.04. The molecule has 116 valence electrons. The Morgan fingerprint density at radius 3 is 2.81 bits per heavy atom. The summed E-state index contributed by atoms with van der Waals surface area (Å²) in [5.41, 5.74) is 1.54. The van der Waals surface area contributed by atoms with Crippen molar-refractivity contribution in [2.75, 3.05) is 12.4 Å². The Labute approximate surface area is 128 Å². The number of hydrogen-bond donors (Lipinski definition) is 1. The molecule has 0 heterocycles. The number of nitrogens with one attached hydrogen (secondary N) is 1. The fourth-order valence-corrected chi connectivity index (χ4v) is 3.34. The van der Waals surface area contributed by atoms with Crippen LogP contribution in [0.2, 0.25) is 0 Å². The highest BCUT2D eigenvalue weighted by Gasteiger charge is 2.20. The van der Waals surface area contributed by atoms with E-state index in [1.165, 1.54) is 52.1 Å². The topological polar surface area (TPSA) is 38.3 Å². The van der Waals surface area contributed by atoms with Gasteiger partial charge in [0.2, 0.25) is 0 Å². The number of esters is 1. The second kappa shape index (κ2) is 8.06. The number of anilines is 1. The lowest BCUT2D eigenvalue weighted by atomic mass is 9.95. The largest absolute Gasteiger partial charge is 0.465 e. The van der Waals surface area contributed by atoms with Gasteiger partial charge >= 0.3 is 5.97 Å². The first-order valence-electron chi connectivity index (χ1n) is 8.18. The molecule has 0 aromatic heterocycles. The van der Waals surface area contributed by atoms with Gasteiger partial charge in [-0.1, -0.05) is 44.7 Å². The molecule has 1 aliphatic carbocycles. The molecule has 0 aliphatic heterocycles. The lowest BCUT2D eigenvalue weighted by Gasteiger charge is -2.19. The average molecular weight is 289 g/mol. The predicted octanol–water partition coefficient (Wildman–Crippen LogP) is 4.63. The second-order valence-corrected chi connectivity index (χ2v) is 6.04. The van der Waals surface area contributed by atoms with Crippen LogP contribution < -0.4 is 5.32 Å². The summed E-state index contributed by atoms with van der Waals surface area (Å²) < 4.78 is 4.86. The highest BCUT2D eigenvalue weighted by atomic mass is 16.5. The van der Waals surface area contributed by atoms with Gasteiger partial charge in [-0.2, -0.15) is 0 Å². The van der Waals surface area contributed by atoms with Gasteiger partial charge in [-0.15, -0.1) is 0 Å². The molecule has 1 aromatic rings. The Balaban J connectivity index is 2.00. The molecular formula is C18H27NO2. The highest BCUT2D eigenvalue weighted by molar-refractivity contribution is 5.95. The number of carbonyl (C=O) groups excluding carboxylic acids is 1. The van der Waals surface area contributed by atoms with Crippen LogP contribution in [0.3, 0.4) is 0 Å². The Morgan fingerprint density at radius 1 is 1.24 bits per heavy atom. The van der Waals surface area contributed by atoms with E-state index in [4.69, 9.17) is 4.74 Å². The lowest BCUT2D eigenvalue weighted by molar-refractivity contribution is 0.0602. The third-order valence-corrected chi connectivity index (χ3v) is 4.48. The van der Waals surface area contributed by atoms with Crippen LogP contribution in [0.5, 0.6) is 0 Å². The number of ether oxygens (including phenoxy) is 1. The smallest absolute Gasteiger partial charge is 0.339 e. The molecule has 2 rings (SSSR count).